The summed E-state index contributed by atoms with van der Waals surface area (Å²) >= 11 is 3.40. The smallest absolute Gasteiger partial charge is 0.0413 e. The fraction of sp³-hybridized carbons (Fsp3) is 0.615. The van der Waals surface area contributed by atoms with Crippen LogP contribution in [0.2, 0.25) is 0 Å². The largest absolute Gasteiger partial charge is 0.314 e. The first-order chi connectivity index (χ1) is 7.74. The molecule has 1 atom stereocenters. The van der Waals surface area contributed by atoms with E-state index in [0.717, 1.165) is 23.5 Å². The summed E-state index contributed by atoms with van der Waals surface area (Å²) in [5.41, 5.74) is 1.19. The Morgan fingerprint density at radius 1 is 1.50 bits per heavy atom. The van der Waals surface area contributed by atoms with Crippen LogP contribution in [0.25, 0.3) is 0 Å². The third-order valence-corrected chi connectivity index (χ3v) is 3.68. The number of halogens is 1. The maximum atomic E-state index is 4.40. The normalized spacial score (nSPS) is 18.1. The number of nitrogens with one attached hydrogen (secondary N) is 1. The predicted octanol–water partition coefficient (Wildman–Crippen LogP) is 3.16. The van der Waals surface area contributed by atoms with Crippen LogP contribution in [0.4, 0.5) is 0 Å². The van der Waals surface area contributed by atoms with Gasteiger partial charge < -0.3 is 5.32 Å². The van der Waals surface area contributed by atoms with E-state index >= 15 is 0 Å². The molecule has 0 aliphatic heterocycles. The Kier molecular flexibility index (Phi) is 4.36. The highest BCUT2D eigenvalue weighted by atomic mass is 79.9. The molecule has 0 saturated heterocycles. The zero-order valence-electron chi connectivity index (χ0n) is 9.75. The van der Waals surface area contributed by atoms with Gasteiger partial charge in [0.2, 0.25) is 0 Å². The van der Waals surface area contributed by atoms with Crippen molar-refractivity contribution in [1.29, 1.82) is 0 Å². The summed E-state index contributed by atoms with van der Waals surface area (Å²) in [6.07, 6.45) is 7.07. The van der Waals surface area contributed by atoms with Gasteiger partial charge in [-0.3, -0.25) is 4.98 Å². The van der Waals surface area contributed by atoms with Crippen molar-refractivity contribution in [2.24, 2.45) is 5.92 Å². The Morgan fingerprint density at radius 2 is 2.31 bits per heavy atom. The molecule has 1 aromatic heterocycles. The summed E-state index contributed by atoms with van der Waals surface area (Å²) < 4.78 is 1.05. The van der Waals surface area contributed by atoms with Crippen LogP contribution in [0.5, 0.6) is 0 Å². The Hall–Kier alpha value is -0.410. The van der Waals surface area contributed by atoms with Gasteiger partial charge in [0.15, 0.2) is 0 Å². The lowest BCUT2D eigenvalue weighted by atomic mass is 9.92. The van der Waals surface area contributed by atoms with Gasteiger partial charge >= 0.3 is 0 Å². The van der Waals surface area contributed by atoms with Crippen LogP contribution in [0.15, 0.2) is 22.8 Å². The molecule has 3 heteroatoms. The van der Waals surface area contributed by atoms with E-state index in [1.165, 1.54) is 25.0 Å². The fourth-order valence-corrected chi connectivity index (χ4v) is 2.17. The molecule has 1 heterocycles. The van der Waals surface area contributed by atoms with Gasteiger partial charge in [-0.1, -0.05) is 13.3 Å². The summed E-state index contributed by atoms with van der Waals surface area (Å²) in [4.78, 5) is 4.40. The molecule has 1 aromatic rings. The first-order valence-corrected chi connectivity index (χ1v) is 6.87. The molecule has 0 spiro atoms. The fourth-order valence-electron chi connectivity index (χ4n) is 1.94. The molecule has 16 heavy (non-hydrogen) atoms. The number of pyridine rings is 1. The van der Waals surface area contributed by atoms with Crippen molar-refractivity contribution in [1.82, 2.24) is 10.3 Å². The van der Waals surface area contributed by atoms with Crippen LogP contribution < -0.4 is 5.32 Å². The minimum absolute atomic E-state index is 0.661. The van der Waals surface area contributed by atoms with Gasteiger partial charge in [0.05, 0.1) is 0 Å². The number of rotatable bonds is 5. The second kappa shape index (κ2) is 5.78. The highest BCUT2D eigenvalue weighted by molar-refractivity contribution is 9.10. The predicted molar refractivity (Wildman–Crippen MR) is 70.4 cm³/mol. The van der Waals surface area contributed by atoms with E-state index in [-0.39, 0.29) is 0 Å². The standard InChI is InChI=1S/C13H19BrN2/c1-10(8-15-12-3-2-4-12)7-13-6-5-11(14)9-16-13/h5-6,9-10,12,15H,2-4,7-8H2,1H3. The number of hydrogen-bond donors (Lipinski definition) is 1. The van der Waals surface area contributed by atoms with Gasteiger partial charge in [-0.2, -0.15) is 0 Å². The zero-order valence-corrected chi connectivity index (χ0v) is 11.3. The molecule has 1 unspecified atom stereocenters. The van der Waals surface area contributed by atoms with Gasteiger partial charge in [-0.25, -0.2) is 0 Å². The monoisotopic (exact) mass is 282 g/mol. The lowest BCUT2D eigenvalue weighted by molar-refractivity contribution is 0.320. The summed E-state index contributed by atoms with van der Waals surface area (Å²) in [6.45, 7) is 3.40. The van der Waals surface area contributed by atoms with Crippen molar-refractivity contribution in [3.8, 4) is 0 Å². The van der Waals surface area contributed by atoms with Crippen molar-refractivity contribution in [2.45, 2.75) is 38.6 Å². The van der Waals surface area contributed by atoms with Crippen molar-refractivity contribution in [3.63, 3.8) is 0 Å². The highest BCUT2D eigenvalue weighted by Gasteiger charge is 2.17. The van der Waals surface area contributed by atoms with E-state index in [4.69, 9.17) is 0 Å². The van der Waals surface area contributed by atoms with Gasteiger partial charge in [-0.05, 0) is 59.8 Å². The zero-order chi connectivity index (χ0) is 11.4. The molecule has 1 aliphatic carbocycles. The van der Waals surface area contributed by atoms with Gasteiger partial charge in [0.25, 0.3) is 0 Å². The molecule has 0 bridgehead atoms. The SMILES string of the molecule is CC(CNC1CCC1)Cc1ccc(Br)cn1. The first kappa shape index (κ1) is 12.1. The Morgan fingerprint density at radius 3 is 2.88 bits per heavy atom. The van der Waals surface area contributed by atoms with Crippen LogP contribution in [0, 0.1) is 5.92 Å². The lowest BCUT2D eigenvalue weighted by Gasteiger charge is -2.28. The van der Waals surface area contributed by atoms with Crippen LogP contribution in [0.1, 0.15) is 31.9 Å². The van der Waals surface area contributed by atoms with Crippen molar-refractivity contribution < 1.29 is 0 Å². The minimum Gasteiger partial charge on any atom is -0.314 e. The van der Waals surface area contributed by atoms with E-state index in [0.29, 0.717) is 5.92 Å². The average molecular weight is 283 g/mol. The van der Waals surface area contributed by atoms with Crippen LogP contribution in [0.3, 0.4) is 0 Å². The molecule has 1 aliphatic rings. The Labute approximate surface area is 106 Å². The molecule has 1 N–H and O–H groups in total. The third-order valence-electron chi connectivity index (χ3n) is 3.21. The second-order valence-electron chi connectivity index (χ2n) is 4.81. The van der Waals surface area contributed by atoms with Gasteiger partial charge in [0.1, 0.15) is 0 Å². The summed E-state index contributed by atoms with van der Waals surface area (Å²) in [5, 5.41) is 3.61. The molecule has 2 nitrogen and oxygen atoms in total. The van der Waals surface area contributed by atoms with Gasteiger partial charge in [0, 0.05) is 22.4 Å². The number of aromatic nitrogens is 1. The molecular weight excluding hydrogens is 264 g/mol. The molecule has 2 rings (SSSR count). The van der Waals surface area contributed by atoms with Crippen LogP contribution >= 0.6 is 15.9 Å². The van der Waals surface area contributed by atoms with E-state index < -0.39 is 0 Å². The van der Waals surface area contributed by atoms with Crippen LogP contribution in [-0.2, 0) is 6.42 Å². The molecule has 0 aromatic carbocycles. The second-order valence-corrected chi connectivity index (χ2v) is 5.73. The summed E-state index contributed by atoms with van der Waals surface area (Å²) in [6, 6.07) is 4.96. The topological polar surface area (TPSA) is 24.9 Å². The highest BCUT2D eigenvalue weighted by Crippen LogP contribution is 2.18. The average Bonchev–Trinajstić information content (AvgIpc) is 2.19. The van der Waals surface area contributed by atoms with Crippen molar-refractivity contribution in [3.05, 3.63) is 28.5 Å². The molecule has 1 fully saturated rings. The summed E-state index contributed by atoms with van der Waals surface area (Å²) in [5.74, 6) is 0.661. The third kappa shape index (κ3) is 3.56. The molecule has 88 valence electrons. The van der Waals surface area contributed by atoms with E-state index in [2.05, 4.69) is 45.3 Å². The maximum absolute atomic E-state index is 4.40. The molecule has 0 radical (unpaired) electrons. The van der Waals surface area contributed by atoms with Gasteiger partial charge in [-0.15, -0.1) is 0 Å². The number of nitrogens with zero attached hydrogens (tertiary/aromatic N) is 1. The van der Waals surface area contributed by atoms with Crippen molar-refractivity contribution in [2.75, 3.05) is 6.54 Å². The summed E-state index contributed by atoms with van der Waals surface area (Å²) in [7, 11) is 0. The number of hydrogen-bond acceptors (Lipinski definition) is 2. The Bertz CT molecular complexity index is 319. The van der Waals surface area contributed by atoms with Crippen LogP contribution in [-0.4, -0.2) is 17.6 Å². The lowest BCUT2D eigenvalue weighted by Crippen LogP contribution is -2.38. The molecule has 1 saturated carbocycles. The van der Waals surface area contributed by atoms with Crippen molar-refractivity contribution >= 4 is 15.9 Å². The quantitative estimate of drug-likeness (QED) is 0.897. The first-order valence-electron chi connectivity index (χ1n) is 6.08. The Balaban J connectivity index is 1.73. The van der Waals surface area contributed by atoms with E-state index in [1.807, 2.05) is 6.20 Å². The molecular formula is C13H19BrN2. The van der Waals surface area contributed by atoms with E-state index in [9.17, 15) is 0 Å². The maximum Gasteiger partial charge on any atom is 0.0413 e. The molecule has 0 amide bonds. The minimum atomic E-state index is 0.661. The van der Waals surface area contributed by atoms with E-state index in [1.54, 1.807) is 0 Å².